The Labute approximate surface area is 221 Å². The number of hydrazone groups is 1. The molecule has 8 heteroatoms. The van der Waals surface area contributed by atoms with Crippen LogP contribution in [0.15, 0.2) is 107 Å². The Balaban J connectivity index is 1.35. The van der Waals surface area contributed by atoms with Gasteiger partial charge in [0.25, 0.3) is 5.91 Å². The molecule has 6 nitrogen and oxygen atoms in total. The molecule has 0 unspecified atom stereocenters. The zero-order valence-corrected chi connectivity index (χ0v) is 21.2. The Bertz CT molecular complexity index is 1380. The summed E-state index contributed by atoms with van der Waals surface area (Å²) >= 11 is 9.29. The molecular weight excluding hydrogens is 544 g/mol. The van der Waals surface area contributed by atoms with Crippen LogP contribution in [0.2, 0.25) is 5.02 Å². The van der Waals surface area contributed by atoms with E-state index in [1.165, 1.54) is 6.21 Å². The zero-order valence-electron chi connectivity index (χ0n) is 18.9. The summed E-state index contributed by atoms with van der Waals surface area (Å²) in [6.45, 7) is 0.386. The first kappa shape index (κ1) is 25.2. The summed E-state index contributed by atoms with van der Waals surface area (Å²) in [5.74, 6) is 0.0551. The average molecular weight is 564 g/mol. The topological polar surface area (TPSA) is 77.0 Å². The molecule has 0 atom stereocenters. The molecule has 0 radical (unpaired) electrons. The van der Waals surface area contributed by atoms with E-state index in [0.717, 1.165) is 10.0 Å². The second kappa shape index (κ2) is 12.2. The van der Waals surface area contributed by atoms with Crippen LogP contribution in [-0.2, 0) is 6.61 Å². The van der Waals surface area contributed by atoms with Gasteiger partial charge in [-0.1, -0.05) is 57.9 Å². The van der Waals surface area contributed by atoms with E-state index in [2.05, 4.69) is 26.5 Å². The smallest absolute Gasteiger partial charge is 0.343 e. The van der Waals surface area contributed by atoms with Gasteiger partial charge < -0.3 is 9.47 Å². The lowest BCUT2D eigenvalue weighted by atomic mass is 10.2. The number of amides is 1. The molecule has 36 heavy (non-hydrogen) atoms. The van der Waals surface area contributed by atoms with Crippen molar-refractivity contribution in [3.63, 3.8) is 0 Å². The van der Waals surface area contributed by atoms with E-state index >= 15 is 0 Å². The van der Waals surface area contributed by atoms with Crippen molar-refractivity contribution in [1.82, 2.24) is 5.43 Å². The fourth-order valence-electron chi connectivity index (χ4n) is 3.12. The number of carbonyl (C=O) groups is 2. The minimum atomic E-state index is -0.491. The number of nitrogens with one attached hydrogen (secondary N) is 1. The second-order valence-electron chi connectivity index (χ2n) is 7.58. The molecule has 0 saturated heterocycles. The van der Waals surface area contributed by atoms with Gasteiger partial charge in [0, 0.05) is 20.6 Å². The first-order valence-corrected chi connectivity index (χ1v) is 12.0. The van der Waals surface area contributed by atoms with Crippen molar-refractivity contribution in [2.24, 2.45) is 5.10 Å². The third kappa shape index (κ3) is 7.04. The van der Waals surface area contributed by atoms with Crippen LogP contribution in [0.5, 0.6) is 11.5 Å². The first-order valence-electron chi connectivity index (χ1n) is 10.9. The predicted octanol–water partition coefficient (Wildman–Crippen LogP) is 6.66. The SMILES string of the molecule is O=C(NN=Cc1cc(Br)ccc1OC(=O)c1ccccc1)c1ccc(OCc2ccc(Cl)cc2)cc1. The first-order chi connectivity index (χ1) is 17.5. The third-order valence-corrected chi connectivity index (χ3v) is 5.73. The molecule has 0 spiro atoms. The molecule has 4 aromatic rings. The summed E-state index contributed by atoms with van der Waals surface area (Å²) in [7, 11) is 0. The van der Waals surface area contributed by atoms with Crippen LogP contribution in [0.4, 0.5) is 0 Å². The Hall–Kier alpha value is -3.94. The number of hydrogen-bond acceptors (Lipinski definition) is 5. The number of rotatable bonds is 8. The number of ether oxygens (including phenoxy) is 2. The molecule has 0 fully saturated rings. The molecule has 180 valence electrons. The van der Waals surface area contributed by atoms with Crippen LogP contribution >= 0.6 is 27.5 Å². The lowest BCUT2D eigenvalue weighted by molar-refractivity contribution is 0.0734. The largest absolute Gasteiger partial charge is 0.489 e. The van der Waals surface area contributed by atoms with Gasteiger partial charge >= 0.3 is 5.97 Å². The van der Waals surface area contributed by atoms with Gasteiger partial charge in [-0.25, -0.2) is 10.2 Å². The molecule has 0 aliphatic rings. The van der Waals surface area contributed by atoms with Gasteiger partial charge in [0.1, 0.15) is 18.1 Å². The normalized spacial score (nSPS) is 10.7. The van der Waals surface area contributed by atoms with E-state index in [0.29, 0.717) is 39.8 Å². The van der Waals surface area contributed by atoms with Crippen molar-refractivity contribution in [1.29, 1.82) is 0 Å². The van der Waals surface area contributed by atoms with E-state index in [4.69, 9.17) is 21.1 Å². The summed E-state index contributed by atoms with van der Waals surface area (Å²) < 4.78 is 12.0. The summed E-state index contributed by atoms with van der Waals surface area (Å²) in [5, 5.41) is 4.69. The molecule has 1 amide bonds. The summed E-state index contributed by atoms with van der Waals surface area (Å²) in [6, 6.07) is 27.9. The molecule has 0 aliphatic heterocycles. The minimum Gasteiger partial charge on any atom is -0.489 e. The Morgan fingerprint density at radius 3 is 2.33 bits per heavy atom. The third-order valence-electron chi connectivity index (χ3n) is 4.99. The average Bonchev–Trinajstić information content (AvgIpc) is 2.90. The second-order valence-corrected chi connectivity index (χ2v) is 8.93. The van der Waals surface area contributed by atoms with Crippen molar-refractivity contribution in [2.45, 2.75) is 6.61 Å². The maximum absolute atomic E-state index is 12.5. The summed E-state index contributed by atoms with van der Waals surface area (Å²) in [6.07, 6.45) is 1.42. The number of hydrogen-bond donors (Lipinski definition) is 1. The molecule has 0 bridgehead atoms. The van der Waals surface area contributed by atoms with Crippen LogP contribution in [-0.4, -0.2) is 18.1 Å². The Morgan fingerprint density at radius 2 is 1.61 bits per heavy atom. The maximum atomic E-state index is 12.5. The van der Waals surface area contributed by atoms with E-state index in [-0.39, 0.29) is 0 Å². The van der Waals surface area contributed by atoms with Gasteiger partial charge in [-0.2, -0.15) is 5.10 Å². The van der Waals surface area contributed by atoms with Crippen LogP contribution in [0.3, 0.4) is 0 Å². The molecule has 4 rings (SSSR count). The van der Waals surface area contributed by atoms with Gasteiger partial charge in [-0.15, -0.1) is 0 Å². The fourth-order valence-corrected chi connectivity index (χ4v) is 3.63. The highest BCUT2D eigenvalue weighted by Gasteiger charge is 2.11. The van der Waals surface area contributed by atoms with E-state index in [9.17, 15) is 9.59 Å². The molecule has 4 aromatic carbocycles. The predicted molar refractivity (Wildman–Crippen MR) is 143 cm³/mol. The Morgan fingerprint density at radius 1 is 0.889 bits per heavy atom. The van der Waals surface area contributed by atoms with Crippen LogP contribution in [0.1, 0.15) is 31.8 Å². The molecule has 0 saturated carbocycles. The van der Waals surface area contributed by atoms with Gasteiger partial charge in [0.15, 0.2) is 0 Å². The minimum absolute atomic E-state index is 0.312. The Kier molecular flexibility index (Phi) is 8.49. The van der Waals surface area contributed by atoms with Gasteiger partial charge in [-0.3, -0.25) is 4.79 Å². The van der Waals surface area contributed by atoms with Crippen LogP contribution in [0, 0.1) is 0 Å². The van der Waals surface area contributed by atoms with Gasteiger partial charge in [-0.05, 0) is 72.3 Å². The van der Waals surface area contributed by atoms with E-state index in [1.807, 2.05) is 18.2 Å². The van der Waals surface area contributed by atoms with Crippen LogP contribution in [0.25, 0.3) is 0 Å². The highest BCUT2D eigenvalue weighted by atomic mass is 79.9. The zero-order chi connectivity index (χ0) is 25.3. The fraction of sp³-hybridized carbons (Fsp3) is 0.0357. The number of esters is 1. The summed E-state index contributed by atoms with van der Waals surface area (Å²) in [4.78, 5) is 24.9. The van der Waals surface area contributed by atoms with Crippen LogP contribution < -0.4 is 14.9 Å². The van der Waals surface area contributed by atoms with Crippen molar-refractivity contribution in [2.75, 3.05) is 0 Å². The van der Waals surface area contributed by atoms with Gasteiger partial charge in [0.05, 0.1) is 11.8 Å². The number of benzene rings is 4. The molecule has 1 N–H and O–H groups in total. The van der Waals surface area contributed by atoms with Crippen molar-refractivity contribution >= 4 is 45.6 Å². The highest BCUT2D eigenvalue weighted by molar-refractivity contribution is 9.10. The number of halogens is 2. The molecule has 0 aliphatic carbocycles. The summed E-state index contributed by atoms with van der Waals surface area (Å²) in [5.41, 5.74) is 4.82. The standard InChI is InChI=1S/C28H20BrClN2O4/c29-23-10-15-26(36-28(34)21-4-2-1-3-5-21)22(16-23)17-31-32-27(33)20-8-13-25(14-9-20)35-18-19-6-11-24(30)12-7-19/h1-17H,18H2,(H,32,33). The quantitative estimate of drug-likeness (QED) is 0.112. The van der Waals surface area contributed by atoms with Crippen molar-refractivity contribution in [3.05, 3.63) is 129 Å². The van der Waals surface area contributed by atoms with E-state index in [1.54, 1.807) is 78.9 Å². The molecule has 0 heterocycles. The molecule has 0 aromatic heterocycles. The number of carbonyl (C=O) groups excluding carboxylic acids is 2. The number of nitrogens with zero attached hydrogens (tertiary/aromatic N) is 1. The maximum Gasteiger partial charge on any atom is 0.343 e. The monoisotopic (exact) mass is 562 g/mol. The lowest BCUT2D eigenvalue weighted by Gasteiger charge is -2.08. The van der Waals surface area contributed by atoms with E-state index < -0.39 is 11.9 Å². The lowest BCUT2D eigenvalue weighted by Crippen LogP contribution is -2.17. The van der Waals surface area contributed by atoms with Gasteiger partial charge in [0.2, 0.25) is 0 Å². The van der Waals surface area contributed by atoms with Crippen molar-refractivity contribution in [3.8, 4) is 11.5 Å². The highest BCUT2D eigenvalue weighted by Crippen LogP contribution is 2.23. The van der Waals surface area contributed by atoms with Crippen molar-refractivity contribution < 1.29 is 19.1 Å². The molecular formula is C28H20BrClN2O4.